The van der Waals surface area contributed by atoms with Crippen molar-refractivity contribution in [2.75, 3.05) is 52.4 Å². The van der Waals surface area contributed by atoms with Gasteiger partial charge in [0, 0.05) is 38.8 Å². The number of nitrogens with one attached hydrogen (secondary N) is 1. The van der Waals surface area contributed by atoms with Crippen molar-refractivity contribution in [3.05, 3.63) is 0 Å². The lowest BCUT2D eigenvalue weighted by Crippen LogP contribution is -2.50. The van der Waals surface area contributed by atoms with Crippen molar-refractivity contribution < 1.29 is 4.74 Å². The number of ether oxygens (including phenoxy) is 1. The summed E-state index contributed by atoms with van der Waals surface area (Å²) in [5.74, 6) is 0. The monoisotopic (exact) mass is 281 g/mol. The predicted octanol–water partition coefficient (Wildman–Crippen LogP) is 1.32. The molecule has 0 aromatic heterocycles. The average Bonchev–Trinajstić information content (AvgIpc) is 3.03. The molecule has 2 heterocycles. The Morgan fingerprint density at radius 2 is 1.60 bits per heavy atom. The molecule has 1 N–H and O–H groups in total. The van der Waals surface area contributed by atoms with Crippen molar-refractivity contribution in [2.45, 2.75) is 50.7 Å². The van der Waals surface area contributed by atoms with Crippen LogP contribution in [0.5, 0.6) is 0 Å². The Bertz CT molecular complexity index is 267. The van der Waals surface area contributed by atoms with Gasteiger partial charge < -0.3 is 10.1 Å². The second-order valence-corrected chi connectivity index (χ2v) is 6.64. The topological polar surface area (TPSA) is 27.7 Å². The molecule has 4 nitrogen and oxygen atoms in total. The Labute approximate surface area is 123 Å². The average molecular weight is 281 g/mol. The van der Waals surface area contributed by atoms with Gasteiger partial charge in [0.2, 0.25) is 0 Å². The number of piperidine rings is 1. The lowest BCUT2D eigenvalue weighted by atomic mass is 10.1. The number of nitrogens with zero attached hydrogens (tertiary/aromatic N) is 2. The van der Waals surface area contributed by atoms with Gasteiger partial charge in [0.1, 0.15) is 0 Å². The molecule has 0 aromatic rings. The van der Waals surface area contributed by atoms with Crippen LogP contribution in [0.1, 0.15) is 38.5 Å². The molecule has 20 heavy (non-hydrogen) atoms. The van der Waals surface area contributed by atoms with Gasteiger partial charge in [-0.05, 0) is 38.8 Å². The number of piperazine rings is 1. The second-order valence-electron chi connectivity index (χ2n) is 6.64. The molecule has 0 unspecified atom stereocenters. The quantitative estimate of drug-likeness (QED) is 0.822. The maximum atomic E-state index is 6.02. The van der Waals surface area contributed by atoms with Crippen LogP contribution >= 0.6 is 0 Å². The Balaban J connectivity index is 1.28. The molecule has 3 fully saturated rings. The van der Waals surface area contributed by atoms with Gasteiger partial charge in [0.05, 0.1) is 12.7 Å². The number of hydrogen-bond donors (Lipinski definition) is 1. The Morgan fingerprint density at radius 3 is 2.30 bits per heavy atom. The fraction of sp³-hybridized carbons (Fsp3) is 1.00. The summed E-state index contributed by atoms with van der Waals surface area (Å²) in [6, 6.07) is 0.906. The molecular formula is C16H31N3O. The third kappa shape index (κ3) is 4.17. The van der Waals surface area contributed by atoms with Crippen LogP contribution in [-0.2, 0) is 4.74 Å². The summed E-state index contributed by atoms with van der Waals surface area (Å²) in [4.78, 5) is 5.32. The zero-order valence-electron chi connectivity index (χ0n) is 12.9. The Morgan fingerprint density at radius 1 is 0.900 bits per heavy atom. The van der Waals surface area contributed by atoms with Gasteiger partial charge in [0.15, 0.2) is 0 Å². The zero-order valence-corrected chi connectivity index (χ0v) is 12.9. The molecule has 0 aromatic carbocycles. The van der Waals surface area contributed by atoms with E-state index in [1.54, 1.807) is 0 Å². The van der Waals surface area contributed by atoms with E-state index in [1.807, 2.05) is 0 Å². The SMILES string of the molecule is C1CCC(N2CCN(CCOC3CCNCC3)CC2)C1. The third-order valence-corrected chi connectivity index (χ3v) is 5.30. The first-order valence-corrected chi connectivity index (χ1v) is 8.70. The smallest absolute Gasteiger partial charge is 0.0600 e. The summed E-state index contributed by atoms with van der Waals surface area (Å²) >= 11 is 0. The van der Waals surface area contributed by atoms with Crippen molar-refractivity contribution in [1.29, 1.82) is 0 Å². The third-order valence-electron chi connectivity index (χ3n) is 5.30. The van der Waals surface area contributed by atoms with Crippen LogP contribution in [0.2, 0.25) is 0 Å². The molecule has 0 atom stereocenters. The summed E-state index contributed by atoms with van der Waals surface area (Å²) in [6.45, 7) is 9.35. The minimum absolute atomic E-state index is 0.510. The maximum absolute atomic E-state index is 6.02. The van der Waals surface area contributed by atoms with E-state index >= 15 is 0 Å². The molecule has 1 aliphatic carbocycles. The van der Waals surface area contributed by atoms with Crippen molar-refractivity contribution in [2.24, 2.45) is 0 Å². The van der Waals surface area contributed by atoms with Crippen LogP contribution in [0, 0.1) is 0 Å². The summed E-state index contributed by atoms with van der Waals surface area (Å²) in [7, 11) is 0. The van der Waals surface area contributed by atoms with Gasteiger partial charge >= 0.3 is 0 Å². The summed E-state index contributed by atoms with van der Waals surface area (Å²) < 4.78 is 6.02. The van der Waals surface area contributed by atoms with E-state index in [1.165, 1.54) is 64.7 Å². The molecule has 0 radical (unpaired) electrons. The first-order valence-electron chi connectivity index (χ1n) is 8.70. The van der Waals surface area contributed by atoms with Gasteiger partial charge in [-0.1, -0.05) is 12.8 Å². The van der Waals surface area contributed by atoms with Crippen molar-refractivity contribution in [3.8, 4) is 0 Å². The Kier molecular flexibility index (Phi) is 5.71. The van der Waals surface area contributed by atoms with Gasteiger partial charge in [-0.2, -0.15) is 0 Å². The van der Waals surface area contributed by atoms with E-state index in [0.29, 0.717) is 6.10 Å². The molecule has 3 aliphatic rings. The van der Waals surface area contributed by atoms with E-state index in [0.717, 1.165) is 32.3 Å². The number of rotatable bonds is 5. The van der Waals surface area contributed by atoms with Crippen LogP contribution in [0.25, 0.3) is 0 Å². The standard InChI is InChI=1S/C16H31N3O/c1-2-4-15(3-1)19-11-9-18(10-12-19)13-14-20-16-5-7-17-8-6-16/h15-17H,1-14H2. The van der Waals surface area contributed by atoms with Crippen LogP contribution in [0.4, 0.5) is 0 Å². The molecule has 0 bridgehead atoms. The van der Waals surface area contributed by atoms with Crippen molar-refractivity contribution in [1.82, 2.24) is 15.1 Å². The van der Waals surface area contributed by atoms with Gasteiger partial charge in [-0.25, -0.2) is 0 Å². The summed E-state index contributed by atoms with van der Waals surface area (Å²) in [6.07, 6.45) is 8.68. The highest BCUT2D eigenvalue weighted by Crippen LogP contribution is 2.24. The first-order chi connectivity index (χ1) is 9.92. The van der Waals surface area contributed by atoms with Crippen LogP contribution < -0.4 is 5.32 Å². The summed E-state index contributed by atoms with van der Waals surface area (Å²) in [5, 5.41) is 3.39. The minimum atomic E-state index is 0.510. The van der Waals surface area contributed by atoms with Crippen molar-refractivity contribution in [3.63, 3.8) is 0 Å². The largest absolute Gasteiger partial charge is 0.377 e. The highest BCUT2D eigenvalue weighted by molar-refractivity contribution is 4.82. The van der Waals surface area contributed by atoms with Crippen LogP contribution in [0.3, 0.4) is 0 Å². The fourth-order valence-electron chi connectivity index (χ4n) is 3.93. The molecular weight excluding hydrogens is 250 g/mol. The minimum Gasteiger partial charge on any atom is -0.377 e. The van der Waals surface area contributed by atoms with E-state index in [4.69, 9.17) is 4.74 Å². The van der Waals surface area contributed by atoms with Gasteiger partial charge in [0.25, 0.3) is 0 Å². The highest BCUT2D eigenvalue weighted by atomic mass is 16.5. The lowest BCUT2D eigenvalue weighted by molar-refractivity contribution is 0.00976. The lowest BCUT2D eigenvalue weighted by Gasteiger charge is -2.38. The van der Waals surface area contributed by atoms with E-state index < -0.39 is 0 Å². The predicted molar refractivity (Wildman–Crippen MR) is 82.1 cm³/mol. The fourth-order valence-corrected chi connectivity index (χ4v) is 3.93. The van der Waals surface area contributed by atoms with Crippen LogP contribution in [-0.4, -0.2) is 74.4 Å². The Hall–Kier alpha value is -0.160. The normalized spacial score (nSPS) is 28.2. The molecule has 2 saturated heterocycles. The number of hydrogen-bond acceptors (Lipinski definition) is 4. The molecule has 4 heteroatoms. The molecule has 2 aliphatic heterocycles. The van der Waals surface area contributed by atoms with E-state index in [9.17, 15) is 0 Å². The molecule has 3 rings (SSSR count). The first kappa shape index (κ1) is 14.8. The molecule has 0 spiro atoms. The van der Waals surface area contributed by atoms with E-state index in [-0.39, 0.29) is 0 Å². The van der Waals surface area contributed by atoms with E-state index in [2.05, 4.69) is 15.1 Å². The van der Waals surface area contributed by atoms with Crippen LogP contribution in [0.15, 0.2) is 0 Å². The highest BCUT2D eigenvalue weighted by Gasteiger charge is 2.26. The summed E-state index contributed by atoms with van der Waals surface area (Å²) in [5.41, 5.74) is 0. The van der Waals surface area contributed by atoms with Gasteiger partial charge in [-0.3, -0.25) is 9.80 Å². The second kappa shape index (κ2) is 7.74. The van der Waals surface area contributed by atoms with Gasteiger partial charge in [-0.15, -0.1) is 0 Å². The molecule has 0 amide bonds. The zero-order chi connectivity index (χ0) is 13.6. The maximum Gasteiger partial charge on any atom is 0.0600 e. The molecule has 116 valence electrons. The molecule has 1 saturated carbocycles. The van der Waals surface area contributed by atoms with Crippen molar-refractivity contribution >= 4 is 0 Å².